The molecule has 2 amide bonds. The smallest absolute Gasteiger partial charge is 0.322 e. The van der Waals surface area contributed by atoms with Gasteiger partial charge in [-0.3, -0.25) is 19.2 Å². The van der Waals surface area contributed by atoms with Gasteiger partial charge in [-0.2, -0.15) is 25.3 Å². The van der Waals surface area contributed by atoms with Crippen molar-refractivity contribution >= 4 is 106 Å². The van der Waals surface area contributed by atoms with E-state index in [2.05, 4.69) is 55.8 Å². The summed E-state index contributed by atoms with van der Waals surface area (Å²) < 4.78 is 4.90. The summed E-state index contributed by atoms with van der Waals surface area (Å²) in [5.41, 5.74) is 2.97. The molecule has 0 saturated heterocycles. The minimum atomic E-state index is -0.881. The molecule has 216 valence electrons. The van der Waals surface area contributed by atoms with Gasteiger partial charge in [0, 0.05) is 25.2 Å². The first-order valence-corrected chi connectivity index (χ1v) is 13.5. The second kappa shape index (κ2) is 16.1. The quantitative estimate of drug-likeness (QED) is 0.157. The highest BCUT2D eigenvalue weighted by Gasteiger charge is 2.13. The first-order chi connectivity index (χ1) is 19.4. The molecule has 3 N–H and O–H groups in total. The van der Waals surface area contributed by atoms with Crippen molar-refractivity contribution in [2.75, 3.05) is 25.6 Å². The molecule has 4 aromatic rings. The van der Waals surface area contributed by atoms with Crippen LogP contribution in [0.4, 0.5) is 0 Å². The minimum absolute atomic E-state index is 0.0540. The van der Waals surface area contributed by atoms with Crippen LogP contribution in [0.2, 0.25) is 15.5 Å². The van der Waals surface area contributed by atoms with Gasteiger partial charge in [-0.25, -0.2) is 19.9 Å². The van der Waals surface area contributed by atoms with Crippen molar-refractivity contribution in [3.05, 3.63) is 63.0 Å². The van der Waals surface area contributed by atoms with Crippen LogP contribution in [0.1, 0.15) is 20.7 Å². The van der Waals surface area contributed by atoms with Crippen LogP contribution in [0.25, 0.3) is 22.1 Å². The summed E-state index contributed by atoms with van der Waals surface area (Å²) in [7, 11) is 3.10. The fourth-order valence-corrected chi connectivity index (χ4v) is 3.31. The van der Waals surface area contributed by atoms with Crippen LogP contribution < -0.4 is 15.4 Å². The number of carbonyl (C=O) groups is 4. The molecule has 0 aliphatic rings. The molecule has 2 aromatic carbocycles. The molecule has 0 radical (unpaired) electrons. The summed E-state index contributed by atoms with van der Waals surface area (Å²) in [6.45, 7) is 0. The van der Waals surface area contributed by atoms with Gasteiger partial charge in [0.1, 0.15) is 0 Å². The zero-order chi connectivity index (χ0) is 30.7. The van der Waals surface area contributed by atoms with E-state index < -0.39 is 11.9 Å². The predicted molar refractivity (Wildman–Crippen MR) is 162 cm³/mol. The Hall–Kier alpha value is -3.43. The summed E-state index contributed by atoms with van der Waals surface area (Å²) in [6, 6.07) is 9.69. The molecule has 0 unspecified atom stereocenters. The number of aliphatic carboxylic acids is 1. The van der Waals surface area contributed by atoms with Crippen molar-refractivity contribution in [3.8, 4) is 5.88 Å². The number of hydrogen-bond acceptors (Lipinski definition) is 11. The Morgan fingerprint density at radius 3 is 1.56 bits per heavy atom. The Morgan fingerprint density at radius 1 is 0.732 bits per heavy atom. The molecule has 0 aliphatic heterocycles. The fraction of sp³-hybridized carbons (Fsp3) is 0.167. The molecule has 0 saturated carbocycles. The number of rotatable bonds is 5. The lowest BCUT2D eigenvalue weighted by molar-refractivity contribution is -0.134. The van der Waals surface area contributed by atoms with Crippen LogP contribution in [0.3, 0.4) is 0 Å². The molecular formula is C24H21Cl3N6O6S2. The van der Waals surface area contributed by atoms with E-state index in [9.17, 15) is 19.2 Å². The van der Waals surface area contributed by atoms with Crippen LogP contribution in [0, 0.1) is 0 Å². The second-order valence-corrected chi connectivity index (χ2v) is 9.08. The third-order valence-corrected chi connectivity index (χ3v) is 6.03. The number of thiol groups is 2. The van der Waals surface area contributed by atoms with Gasteiger partial charge in [0.15, 0.2) is 15.5 Å². The minimum Gasteiger partial charge on any atom is -0.481 e. The number of ether oxygens (including phenoxy) is 1. The third-order valence-electron chi connectivity index (χ3n) is 4.63. The lowest BCUT2D eigenvalue weighted by Crippen LogP contribution is -2.17. The van der Waals surface area contributed by atoms with E-state index in [0.717, 1.165) is 0 Å². The molecular weight excluding hydrogens is 639 g/mol. The Kier molecular flexibility index (Phi) is 13.3. The number of amides is 2. The first-order valence-electron chi connectivity index (χ1n) is 11.1. The molecule has 2 aromatic heterocycles. The van der Waals surface area contributed by atoms with E-state index in [-0.39, 0.29) is 44.7 Å². The van der Waals surface area contributed by atoms with Crippen molar-refractivity contribution < 1.29 is 29.0 Å². The SMILES string of the molecule is CNC(=O)c1ccc2nc(Cl)c(Cl)nc2c1.CNC(=O)c1ccc2nc(OC(=O)CS)c(Cl)nc2c1.O=C(O)CS. The Balaban J connectivity index is 0.000000251. The van der Waals surface area contributed by atoms with E-state index in [0.29, 0.717) is 33.2 Å². The first kappa shape index (κ1) is 33.8. The molecule has 0 fully saturated rings. The summed E-state index contributed by atoms with van der Waals surface area (Å²) in [5.74, 6) is -2.14. The van der Waals surface area contributed by atoms with Gasteiger partial charge < -0.3 is 20.5 Å². The van der Waals surface area contributed by atoms with Crippen LogP contribution in [0.15, 0.2) is 36.4 Å². The van der Waals surface area contributed by atoms with Crippen LogP contribution >= 0.6 is 60.1 Å². The largest absolute Gasteiger partial charge is 0.481 e. The number of carbonyl (C=O) groups excluding carboxylic acids is 3. The van der Waals surface area contributed by atoms with Gasteiger partial charge in [0.05, 0.1) is 33.6 Å². The lowest BCUT2D eigenvalue weighted by Gasteiger charge is -2.06. The molecule has 0 spiro atoms. The Morgan fingerprint density at radius 2 is 1.15 bits per heavy atom. The number of benzene rings is 2. The number of carboxylic acid groups (broad SMARTS) is 1. The average Bonchev–Trinajstić information content (AvgIpc) is 2.97. The lowest BCUT2D eigenvalue weighted by atomic mass is 10.2. The molecule has 2 heterocycles. The summed E-state index contributed by atoms with van der Waals surface area (Å²) in [5, 5.41) is 12.9. The van der Waals surface area contributed by atoms with Crippen molar-refractivity contribution in [1.29, 1.82) is 0 Å². The number of hydrogen-bond donors (Lipinski definition) is 5. The molecule has 4 rings (SSSR count). The molecule has 0 aliphatic carbocycles. The van der Waals surface area contributed by atoms with E-state index in [4.69, 9.17) is 44.6 Å². The maximum atomic E-state index is 11.5. The van der Waals surface area contributed by atoms with E-state index in [1.807, 2.05) is 0 Å². The number of carboxylic acids is 1. The summed E-state index contributed by atoms with van der Waals surface area (Å²) in [6.07, 6.45) is 0. The summed E-state index contributed by atoms with van der Waals surface area (Å²) >= 11 is 24.6. The van der Waals surface area contributed by atoms with Gasteiger partial charge in [0.25, 0.3) is 17.7 Å². The topological polar surface area (TPSA) is 173 Å². The predicted octanol–water partition coefficient (Wildman–Crippen LogP) is 3.78. The number of esters is 1. The maximum Gasteiger partial charge on any atom is 0.322 e. The number of aromatic nitrogens is 4. The number of halogens is 3. The zero-order valence-electron chi connectivity index (χ0n) is 21.2. The van der Waals surface area contributed by atoms with E-state index >= 15 is 0 Å². The highest BCUT2D eigenvalue weighted by molar-refractivity contribution is 7.81. The molecule has 17 heteroatoms. The number of fused-ring (bicyclic) bond motifs is 2. The van der Waals surface area contributed by atoms with Crippen LogP contribution in [-0.2, 0) is 9.59 Å². The zero-order valence-corrected chi connectivity index (χ0v) is 25.2. The maximum absolute atomic E-state index is 11.5. The highest BCUT2D eigenvalue weighted by atomic mass is 35.5. The third kappa shape index (κ3) is 9.86. The monoisotopic (exact) mass is 658 g/mol. The number of nitrogens with one attached hydrogen (secondary N) is 2. The second-order valence-electron chi connectivity index (χ2n) is 7.37. The van der Waals surface area contributed by atoms with Crippen molar-refractivity contribution in [2.45, 2.75) is 0 Å². The average molecular weight is 660 g/mol. The van der Waals surface area contributed by atoms with Crippen molar-refractivity contribution in [2.24, 2.45) is 0 Å². The fourth-order valence-electron chi connectivity index (χ4n) is 2.80. The van der Waals surface area contributed by atoms with Crippen LogP contribution in [-0.4, -0.2) is 74.4 Å². The summed E-state index contributed by atoms with van der Waals surface area (Å²) in [4.78, 5) is 59.6. The Bertz CT molecular complexity index is 1610. The molecule has 0 bridgehead atoms. The van der Waals surface area contributed by atoms with Gasteiger partial charge in [-0.15, -0.1) is 0 Å². The molecule has 41 heavy (non-hydrogen) atoms. The van der Waals surface area contributed by atoms with Gasteiger partial charge in [-0.05, 0) is 36.4 Å². The highest BCUT2D eigenvalue weighted by Crippen LogP contribution is 2.24. The van der Waals surface area contributed by atoms with Crippen LogP contribution in [0.5, 0.6) is 5.88 Å². The van der Waals surface area contributed by atoms with Gasteiger partial charge >= 0.3 is 11.9 Å². The van der Waals surface area contributed by atoms with E-state index in [1.165, 1.54) is 7.05 Å². The van der Waals surface area contributed by atoms with E-state index in [1.54, 1.807) is 43.4 Å². The molecule has 12 nitrogen and oxygen atoms in total. The molecule has 0 atom stereocenters. The van der Waals surface area contributed by atoms with Crippen molar-refractivity contribution in [1.82, 2.24) is 30.6 Å². The Labute approximate surface area is 259 Å². The van der Waals surface area contributed by atoms with Gasteiger partial charge in [0.2, 0.25) is 0 Å². The van der Waals surface area contributed by atoms with Gasteiger partial charge in [-0.1, -0.05) is 34.8 Å². The number of nitrogens with zero attached hydrogens (tertiary/aromatic N) is 4. The standard InChI is InChI=1S/C12H10ClN3O3S.C10H7Cl2N3O.C2H4O2S/c1-14-11(18)6-2-3-7-8(4-6)15-10(13)12(16-7)19-9(17)5-20;1-13-10(16)5-2-3-6-7(4-5)15-9(12)8(11)14-6;3-2(4)1-5/h2-4,20H,5H2,1H3,(H,14,18);2-4H,1H3,(H,13,16);5H,1H2,(H,3,4). The van der Waals surface area contributed by atoms with Crippen molar-refractivity contribution in [3.63, 3.8) is 0 Å². The normalized spacial score (nSPS) is 10.0.